The van der Waals surface area contributed by atoms with Gasteiger partial charge in [0.1, 0.15) is 11.6 Å². The van der Waals surface area contributed by atoms with Crippen molar-refractivity contribution in [1.82, 2.24) is 20.9 Å². The molecular weight excluding hydrogens is 346 g/mol. The number of nitriles is 1. The molecule has 0 bridgehead atoms. The summed E-state index contributed by atoms with van der Waals surface area (Å²) >= 11 is 0. The predicted molar refractivity (Wildman–Crippen MR) is 99.9 cm³/mol. The first-order chi connectivity index (χ1) is 13.1. The zero-order chi connectivity index (χ0) is 19.1. The van der Waals surface area contributed by atoms with Gasteiger partial charge >= 0.3 is 6.03 Å². The zero-order valence-corrected chi connectivity index (χ0v) is 16.0. The van der Waals surface area contributed by atoms with Gasteiger partial charge in [0.2, 0.25) is 5.91 Å². The van der Waals surface area contributed by atoms with Gasteiger partial charge in [0.05, 0.1) is 19.3 Å². The van der Waals surface area contributed by atoms with Crippen LogP contribution in [0.1, 0.15) is 44.9 Å². The fraction of sp³-hybridized carbons (Fsp3) is 0.842. The van der Waals surface area contributed by atoms with Crippen molar-refractivity contribution in [2.75, 3.05) is 39.4 Å². The summed E-state index contributed by atoms with van der Waals surface area (Å²) in [6, 6.07) is 1.43. The minimum Gasteiger partial charge on any atom is -0.378 e. The van der Waals surface area contributed by atoms with Crippen LogP contribution in [0.25, 0.3) is 0 Å². The highest BCUT2D eigenvalue weighted by molar-refractivity contribution is 5.88. The Bertz CT molecular complexity index is 558. The highest BCUT2D eigenvalue weighted by Crippen LogP contribution is 2.28. The van der Waals surface area contributed by atoms with Crippen LogP contribution in [0.2, 0.25) is 0 Å². The molecule has 1 saturated carbocycles. The van der Waals surface area contributed by atoms with E-state index >= 15 is 0 Å². The molecule has 8 heteroatoms. The van der Waals surface area contributed by atoms with Gasteiger partial charge in [-0.05, 0) is 25.3 Å². The number of rotatable bonds is 5. The van der Waals surface area contributed by atoms with Crippen LogP contribution in [-0.4, -0.2) is 67.8 Å². The summed E-state index contributed by atoms with van der Waals surface area (Å²) in [7, 11) is 0. The van der Waals surface area contributed by atoms with Crippen molar-refractivity contribution >= 4 is 11.9 Å². The molecule has 3 rings (SSSR count). The van der Waals surface area contributed by atoms with Gasteiger partial charge in [-0.25, -0.2) is 4.79 Å². The number of amides is 3. The molecule has 3 N–H and O–H groups in total. The summed E-state index contributed by atoms with van der Waals surface area (Å²) < 4.78 is 5.30. The molecule has 0 radical (unpaired) electrons. The normalized spacial score (nSPS) is 27.6. The Labute approximate surface area is 161 Å². The maximum Gasteiger partial charge on any atom is 0.318 e. The first kappa shape index (κ1) is 19.9. The summed E-state index contributed by atoms with van der Waals surface area (Å²) in [5, 5.41) is 18.5. The second-order valence-corrected chi connectivity index (χ2v) is 7.95. The molecule has 150 valence electrons. The molecule has 27 heavy (non-hydrogen) atoms. The van der Waals surface area contributed by atoms with Gasteiger partial charge in [-0.1, -0.05) is 32.1 Å². The predicted octanol–water partition coefficient (Wildman–Crippen LogP) is 0.739. The first-order valence-corrected chi connectivity index (χ1v) is 10.2. The summed E-state index contributed by atoms with van der Waals surface area (Å²) in [5.74, 6) is 0.201. The third-order valence-electron chi connectivity index (χ3n) is 5.94. The van der Waals surface area contributed by atoms with Crippen LogP contribution in [0.3, 0.4) is 0 Å². The molecule has 3 aliphatic rings. The van der Waals surface area contributed by atoms with Crippen molar-refractivity contribution < 1.29 is 14.3 Å². The maximum absolute atomic E-state index is 13.0. The van der Waals surface area contributed by atoms with Gasteiger partial charge in [-0.15, -0.1) is 0 Å². The Morgan fingerprint density at radius 3 is 2.63 bits per heavy atom. The molecule has 0 spiro atoms. The third-order valence-corrected chi connectivity index (χ3v) is 5.94. The Kier molecular flexibility index (Phi) is 6.91. The van der Waals surface area contributed by atoms with Crippen LogP contribution in [-0.2, 0) is 9.53 Å². The monoisotopic (exact) mass is 377 g/mol. The lowest BCUT2D eigenvalue weighted by Gasteiger charge is -2.32. The van der Waals surface area contributed by atoms with Crippen LogP contribution >= 0.6 is 0 Å². The topological polar surface area (TPSA) is 106 Å². The van der Waals surface area contributed by atoms with Crippen LogP contribution in [0.4, 0.5) is 4.79 Å². The van der Waals surface area contributed by atoms with E-state index in [1.54, 1.807) is 4.90 Å². The summed E-state index contributed by atoms with van der Waals surface area (Å²) in [4.78, 5) is 27.3. The Balaban J connectivity index is 1.65. The molecule has 1 aliphatic carbocycles. The smallest absolute Gasteiger partial charge is 0.318 e. The number of nitrogens with one attached hydrogen (secondary N) is 3. The highest BCUT2D eigenvalue weighted by Gasteiger charge is 2.38. The molecule has 3 amide bonds. The lowest BCUT2D eigenvalue weighted by molar-refractivity contribution is -0.124. The molecule has 3 fully saturated rings. The minimum absolute atomic E-state index is 0.218. The average Bonchev–Trinajstić information content (AvgIpc) is 3.18. The van der Waals surface area contributed by atoms with Gasteiger partial charge in [0.15, 0.2) is 0 Å². The number of hydrogen-bond acceptors (Lipinski definition) is 5. The van der Waals surface area contributed by atoms with Crippen molar-refractivity contribution in [3.63, 3.8) is 0 Å². The number of carbonyl (C=O) groups is 2. The fourth-order valence-electron chi connectivity index (χ4n) is 4.24. The van der Waals surface area contributed by atoms with Crippen LogP contribution < -0.4 is 16.0 Å². The van der Waals surface area contributed by atoms with Crippen LogP contribution in [0, 0.1) is 17.2 Å². The van der Waals surface area contributed by atoms with Gasteiger partial charge in [0, 0.05) is 19.6 Å². The number of nitrogens with zero attached hydrogens (tertiary/aromatic N) is 2. The molecule has 2 heterocycles. The van der Waals surface area contributed by atoms with E-state index in [1.807, 2.05) is 0 Å². The zero-order valence-electron chi connectivity index (χ0n) is 16.0. The maximum atomic E-state index is 13.0. The van der Waals surface area contributed by atoms with E-state index in [-0.39, 0.29) is 11.9 Å². The molecule has 0 aromatic heterocycles. The molecule has 0 aromatic carbocycles. The van der Waals surface area contributed by atoms with E-state index in [2.05, 4.69) is 22.0 Å². The number of urea groups is 1. The van der Waals surface area contributed by atoms with Gasteiger partial charge in [-0.3, -0.25) is 4.79 Å². The van der Waals surface area contributed by atoms with Crippen molar-refractivity contribution in [1.29, 1.82) is 5.26 Å². The fourth-order valence-corrected chi connectivity index (χ4v) is 4.24. The van der Waals surface area contributed by atoms with Crippen LogP contribution in [0.15, 0.2) is 0 Å². The number of carbonyl (C=O) groups excluding carboxylic acids is 2. The van der Waals surface area contributed by atoms with Crippen molar-refractivity contribution in [3.05, 3.63) is 0 Å². The number of ether oxygens (including phenoxy) is 1. The number of hydrogen-bond donors (Lipinski definition) is 3. The van der Waals surface area contributed by atoms with Gasteiger partial charge in [-0.2, -0.15) is 5.26 Å². The molecule has 2 aliphatic heterocycles. The lowest BCUT2D eigenvalue weighted by atomic mass is 9.84. The SMILES string of the molecule is N#C[C@]1(NC(=O)[C@H](CC2CCCCC2)NC(=O)N2CCOCC2)CCNC1. The second kappa shape index (κ2) is 9.38. The van der Waals surface area contributed by atoms with Crippen molar-refractivity contribution in [2.45, 2.75) is 56.5 Å². The molecule has 2 saturated heterocycles. The van der Waals surface area contributed by atoms with E-state index in [4.69, 9.17) is 4.74 Å². The summed E-state index contributed by atoms with van der Waals surface area (Å²) in [6.45, 7) is 3.28. The van der Waals surface area contributed by atoms with Gasteiger partial charge in [0.25, 0.3) is 0 Å². The molecule has 0 aromatic rings. The quantitative estimate of drug-likeness (QED) is 0.655. The average molecular weight is 377 g/mol. The van der Waals surface area contributed by atoms with Gasteiger partial charge < -0.3 is 25.6 Å². The van der Waals surface area contributed by atoms with E-state index in [9.17, 15) is 14.9 Å². The van der Waals surface area contributed by atoms with Crippen molar-refractivity contribution in [3.8, 4) is 6.07 Å². The van der Waals surface area contributed by atoms with E-state index in [0.29, 0.717) is 58.2 Å². The Hall–Kier alpha value is -1.85. The largest absolute Gasteiger partial charge is 0.378 e. The summed E-state index contributed by atoms with van der Waals surface area (Å²) in [6.07, 6.45) is 7.03. The Morgan fingerprint density at radius 1 is 1.26 bits per heavy atom. The van der Waals surface area contributed by atoms with Crippen molar-refractivity contribution in [2.24, 2.45) is 5.92 Å². The molecule has 2 atom stereocenters. The Morgan fingerprint density at radius 2 is 2.00 bits per heavy atom. The molecule has 0 unspecified atom stereocenters. The lowest BCUT2D eigenvalue weighted by Crippen LogP contribution is -2.58. The van der Waals surface area contributed by atoms with E-state index < -0.39 is 11.6 Å². The van der Waals surface area contributed by atoms with Crippen LogP contribution in [0.5, 0.6) is 0 Å². The van der Waals surface area contributed by atoms with E-state index in [1.165, 1.54) is 19.3 Å². The third kappa shape index (κ3) is 5.33. The molecule has 8 nitrogen and oxygen atoms in total. The molecular formula is C19H31N5O3. The standard InChI is InChI=1S/C19H31N5O3/c20-13-19(6-7-21-14-19)23-17(25)16(12-15-4-2-1-3-5-15)22-18(26)24-8-10-27-11-9-24/h15-16,21H,1-12,14H2,(H,22,26)(H,23,25)/t16-,19+/m0/s1. The van der Waals surface area contributed by atoms with E-state index in [0.717, 1.165) is 12.8 Å². The second-order valence-electron chi connectivity index (χ2n) is 7.95. The minimum atomic E-state index is -0.869. The number of morpholine rings is 1. The first-order valence-electron chi connectivity index (χ1n) is 10.2. The highest BCUT2D eigenvalue weighted by atomic mass is 16.5. The summed E-state index contributed by atoms with van der Waals surface area (Å²) in [5.41, 5.74) is -0.869.